The minimum absolute atomic E-state index is 0.0548. The molecule has 0 heterocycles. The van der Waals surface area contributed by atoms with Gasteiger partial charge in [-0.3, -0.25) is 13.9 Å². The molecule has 8 nitrogen and oxygen atoms in total. The van der Waals surface area contributed by atoms with Gasteiger partial charge in [-0.15, -0.1) is 0 Å². The minimum Gasteiger partial charge on any atom is -0.495 e. The number of rotatable bonds is 13. The van der Waals surface area contributed by atoms with Crippen molar-refractivity contribution in [3.63, 3.8) is 0 Å². The summed E-state index contributed by atoms with van der Waals surface area (Å²) in [5.41, 5.74) is 1.16. The lowest BCUT2D eigenvalue weighted by atomic mass is 10.1. The van der Waals surface area contributed by atoms with Gasteiger partial charge in [-0.1, -0.05) is 55.8 Å². The quantitative estimate of drug-likeness (QED) is 0.418. The summed E-state index contributed by atoms with van der Waals surface area (Å²) in [4.78, 5) is 28.3. The zero-order valence-electron chi connectivity index (χ0n) is 21.5. The van der Waals surface area contributed by atoms with E-state index in [1.54, 1.807) is 12.1 Å². The Bertz CT molecular complexity index is 1130. The van der Waals surface area contributed by atoms with Crippen molar-refractivity contribution in [1.29, 1.82) is 0 Å². The molecule has 0 aliphatic rings. The lowest BCUT2D eigenvalue weighted by Crippen LogP contribution is -2.54. The topological polar surface area (TPSA) is 96.0 Å². The van der Waals surface area contributed by atoms with Gasteiger partial charge >= 0.3 is 0 Å². The fourth-order valence-corrected chi connectivity index (χ4v) is 4.80. The highest BCUT2D eigenvalue weighted by Gasteiger charge is 2.32. The molecule has 2 rings (SSSR count). The molecule has 198 valence electrons. The number of amides is 2. The van der Waals surface area contributed by atoms with Crippen LogP contribution in [-0.4, -0.2) is 63.7 Å². The SMILES string of the molecule is CC[C@H](C(=O)N[C@@H](C)CC)N(CCc1ccccc1)C(=O)CN(c1cc(Cl)ccc1OC)S(C)(=O)=O. The van der Waals surface area contributed by atoms with Crippen LogP contribution < -0.4 is 14.4 Å². The number of methoxy groups -OCH3 is 1. The molecule has 2 aromatic carbocycles. The van der Waals surface area contributed by atoms with Crippen molar-refractivity contribution in [2.45, 2.75) is 52.1 Å². The number of anilines is 1. The summed E-state index contributed by atoms with van der Waals surface area (Å²) >= 11 is 6.14. The maximum Gasteiger partial charge on any atom is 0.244 e. The van der Waals surface area contributed by atoms with Gasteiger partial charge in [0.15, 0.2) is 0 Å². The summed E-state index contributed by atoms with van der Waals surface area (Å²) < 4.78 is 31.9. The summed E-state index contributed by atoms with van der Waals surface area (Å²) in [6.07, 6.45) is 2.65. The third kappa shape index (κ3) is 8.13. The van der Waals surface area contributed by atoms with Crippen molar-refractivity contribution in [2.75, 3.05) is 30.8 Å². The van der Waals surface area contributed by atoms with Crippen molar-refractivity contribution in [2.24, 2.45) is 0 Å². The number of nitrogens with one attached hydrogen (secondary N) is 1. The van der Waals surface area contributed by atoms with Crippen LogP contribution in [0.15, 0.2) is 48.5 Å². The van der Waals surface area contributed by atoms with Gasteiger partial charge < -0.3 is 15.0 Å². The standard InChI is InChI=1S/C26H36ClN3O5S/c1-6-19(3)28-26(32)22(7-2)29(16-15-20-11-9-8-10-12-20)25(31)18-30(36(5,33)34)23-17-21(27)13-14-24(23)35-4/h8-14,17,19,22H,6-7,15-16,18H2,1-5H3,(H,28,32)/t19-,22+/m0/s1. The van der Waals surface area contributed by atoms with Crippen molar-refractivity contribution in [3.8, 4) is 5.75 Å². The highest BCUT2D eigenvalue weighted by atomic mass is 35.5. The Morgan fingerprint density at radius 2 is 1.75 bits per heavy atom. The lowest BCUT2D eigenvalue weighted by Gasteiger charge is -2.33. The second kappa shape index (κ2) is 13.5. The average molecular weight is 538 g/mol. The third-order valence-electron chi connectivity index (χ3n) is 5.96. The van der Waals surface area contributed by atoms with E-state index in [1.165, 1.54) is 18.1 Å². The molecule has 0 spiro atoms. The number of nitrogens with zero attached hydrogens (tertiary/aromatic N) is 2. The summed E-state index contributed by atoms with van der Waals surface area (Å²) in [7, 11) is -2.48. The first-order valence-corrected chi connectivity index (χ1v) is 14.2. The number of ether oxygens (including phenoxy) is 1. The van der Waals surface area contributed by atoms with Crippen LogP contribution in [0.2, 0.25) is 5.02 Å². The van der Waals surface area contributed by atoms with Gasteiger partial charge in [-0.2, -0.15) is 0 Å². The normalized spacial score (nSPS) is 12.9. The third-order valence-corrected chi connectivity index (χ3v) is 7.32. The second-order valence-electron chi connectivity index (χ2n) is 8.65. The summed E-state index contributed by atoms with van der Waals surface area (Å²) in [5.74, 6) is -0.501. The van der Waals surface area contributed by atoms with Crippen LogP contribution in [-0.2, 0) is 26.0 Å². The largest absolute Gasteiger partial charge is 0.495 e. The number of carbonyl (C=O) groups excluding carboxylic acids is 2. The van der Waals surface area contributed by atoms with E-state index >= 15 is 0 Å². The van der Waals surface area contributed by atoms with E-state index in [9.17, 15) is 18.0 Å². The highest BCUT2D eigenvalue weighted by molar-refractivity contribution is 7.92. The molecular formula is C26H36ClN3O5S. The molecule has 0 saturated heterocycles. The molecule has 0 unspecified atom stereocenters. The van der Waals surface area contributed by atoms with Gasteiger partial charge in [0.25, 0.3) is 0 Å². The van der Waals surface area contributed by atoms with E-state index in [-0.39, 0.29) is 29.9 Å². The Morgan fingerprint density at radius 3 is 2.31 bits per heavy atom. The van der Waals surface area contributed by atoms with Crippen molar-refractivity contribution >= 4 is 39.1 Å². The van der Waals surface area contributed by atoms with Crippen LogP contribution in [0.3, 0.4) is 0 Å². The van der Waals surface area contributed by atoms with E-state index in [0.29, 0.717) is 17.9 Å². The zero-order valence-corrected chi connectivity index (χ0v) is 23.1. The fraction of sp³-hybridized carbons (Fsp3) is 0.462. The molecular weight excluding hydrogens is 502 g/mol. The second-order valence-corrected chi connectivity index (χ2v) is 11.0. The zero-order chi connectivity index (χ0) is 26.9. The molecule has 0 fully saturated rings. The van der Waals surface area contributed by atoms with Gasteiger partial charge in [0.05, 0.1) is 19.1 Å². The molecule has 0 aliphatic heterocycles. The van der Waals surface area contributed by atoms with Crippen LogP contribution in [0.1, 0.15) is 39.2 Å². The van der Waals surface area contributed by atoms with Crippen molar-refractivity contribution < 1.29 is 22.7 Å². The van der Waals surface area contributed by atoms with Crippen molar-refractivity contribution in [3.05, 3.63) is 59.1 Å². The van der Waals surface area contributed by atoms with Gasteiger partial charge in [-0.25, -0.2) is 8.42 Å². The predicted molar refractivity (Wildman–Crippen MR) is 144 cm³/mol. The number of benzene rings is 2. The molecule has 0 aromatic heterocycles. The highest BCUT2D eigenvalue weighted by Crippen LogP contribution is 2.33. The van der Waals surface area contributed by atoms with Crippen LogP contribution in [0, 0.1) is 0 Å². The maximum absolute atomic E-state index is 13.7. The smallest absolute Gasteiger partial charge is 0.244 e. The van der Waals surface area contributed by atoms with E-state index < -0.39 is 28.5 Å². The van der Waals surface area contributed by atoms with E-state index in [0.717, 1.165) is 22.5 Å². The number of sulfonamides is 1. The van der Waals surface area contributed by atoms with Crippen LogP contribution >= 0.6 is 11.6 Å². The number of halogens is 1. The molecule has 0 saturated carbocycles. The van der Waals surface area contributed by atoms with Crippen LogP contribution in [0.25, 0.3) is 0 Å². The Morgan fingerprint density at radius 1 is 1.08 bits per heavy atom. The van der Waals surface area contributed by atoms with E-state index in [1.807, 2.05) is 51.1 Å². The van der Waals surface area contributed by atoms with Crippen molar-refractivity contribution in [1.82, 2.24) is 10.2 Å². The molecule has 1 N–H and O–H groups in total. The van der Waals surface area contributed by atoms with Crippen LogP contribution in [0.4, 0.5) is 5.69 Å². The first-order valence-electron chi connectivity index (χ1n) is 12.0. The molecule has 0 bridgehead atoms. The van der Waals surface area contributed by atoms with Gasteiger partial charge in [0.1, 0.15) is 18.3 Å². The van der Waals surface area contributed by atoms with E-state index in [2.05, 4.69) is 5.32 Å². The summed E-state index contributed by atoms with van der Waals surface area (Å²) in [5, 5.41) is 3.25. The number of carbonyl (C=O) groups is 2. The summed E-state index contributed by atoms with van der Waals surface area (Å²) in [6.45, 7) is 5.44. The van der Waals surface area contributed by atoms with Gasteiger partial charge in [0, 0.05) is 17.6 Å². The maximum atomic E-state index is 13.7. The Balaban J connectivity index is 2.43. The molecule has 0 aliphatic carbocycles. The Hall–Kier alpha value is -2.78. The van der Waals surface area contributed by atoms with E-state index in [4.69, 9.17) is 16.3 Å². The molecule has 36 heavy (non-hydrogen) atoms. The predicted octanol–water partition coefficient (Wildman–Crippen LogP) is 3.88. The number of hydrogen-bond donors (Lipinski definition) is 1. The molecule has 2 aromatic rings. The fourth-order valence-electron chi connectivity index (χ4n) is 3.79. The molecule has 2 atom stereocenters. The monoisotopic (exact) mass is 537 g/mol. The molecule has 0 radical (unpaired) electrons. The minimum atomic E-state index is -3.89. The molecule has 2 amide bonds. The van der Waals surface area contributed by atoms with Crippen LogP contribution in [0.5, 0.6) is 5.75 Å². The van der Waals surface area contributed by atoms with Gasteiger partial charge in [-0.05, 0) is 49.9 Å². The number of hydrogen-bond acceptors (Lipinski definition) is 5. The Kier molecular flexibility index (Phi) is 11.0. The van der Waals surface area contributed by atoms with Gasteiger partial charge in [0.2, 0.25) is 21.8 Å². The average Bonchev–Trinajstić information content (AvgIpc) is 2.84. The lowest BCUT2D eigenvalue weighted by molar-refractivity contribution is -0.139. The first-order chi connectivity index (χ1) is 17.0. The molecule has 10 heteroatoms. The Labute approximate surface area is 219 Å². The summed E-state index contributed by atoms with van der Waals surface area (Å²) in [6, 6.07) is 13.4. The first kappa shape index (κ1) is 29.5.